The van der Waals surface area contributed by atoms with Crippen molar-refractivity contribution in [1.29, 1.82) is 0 Å². The van der Waals surface area contributed by atoms with Gasteiger partial charge in [0, 0.05) is 32.6 Å². The van der Waals surface area contributed by atoms with E-state index in [-0.39, 0.29) is 18.1 Å². The number of carbonyl (C=O) groups excluding carboxylic acids is 1. The van der Waals surface area contributed by atoms with Gasteiger partial charge in [0.25, 0.3) is 5.91 Å². The molecule has 0 spiro atoms. The van der Waals surface area contributed by atoms with Gasteiger partial charge in [0.1, 0.15) is 5.76 Å². The summed E-state index contributed by atoms with van der Waals surface area (Å²) < 4.78 is 12.6. The van der Waals surface area contributed by atoms with Crippen molar-refractivity contribution in [2.45, 2.75) is 18.7 Å². The van der Waals surface area contributed by atoms with Crippen molar-refractivity contribution >= 4 is 5.91 Å². The fraction of sp³-hybridized carbons (Fsp3) is 0.429. The molecule has 21 heavy (non-hydrogen) atoms. The second-order valence-electron chi connectivity index (χ2n) is 4.98. The molecule has 1 amide bonds. The number of methoxy groups -OCH3 is 1. The minimum absolute atomic E-state index is 0.00698. The van der Waals surface area contributed by atoms with Gasteiger partial charge in [-0.3, -0.25) is 9.48 Å². The van der Waals surface area contributed by atoms with Gasteiger partial charge in [0.2, 0.25) is 0 Å². The van der Waals surface area contributed by atoms with Crippen molar-refractivity contribution in [3.05, 3.63) is 42.1 Å². The minimum atomic E-state index is -0.225. The summed E-state index contributed by atoms with van der Waals surface area (Å²) in [5.74, 6) is 0.771. The molecule has 2 atom stereocenters. The molecular weight excluding hydrogens is 272 g/mol. The fourth-order valence-corrected chi connectivity index (χ4v) is 2.42. The Morgan fingerprint density at radius 3 is 3.24 bits per heavy atom. The lowest BCUT2D eigenvalue weighted by Gasteiger charge is -2.17. The van der Waals surface area contributed by atoms with Crippen molar-refractivity contribution in [3.63, 3.8) is 0 Å². The number of rotatable bonds is 5. The first-order chi connectivity index (χ1) is 10.3. The van der Waals surface area contributed by atoms with Crippen LogP contribution in [-0.4, -0.2) is 48.0 Å². The Balaban J connectivity index is 1.61. The highest BCUT2D eigenvalue weighted by molar-refractivity contribution is 5.91. The molecule has 3 rings (SSSR count). The van der Waals surface area contributed by atoms with Crippen LogP contribution >= 0.6 is 0 Å². The number of aromatic nitrogens is 2. The summed E-state index contributed by atoms with van der Waals surface area (Å²) in [4.78, 5) is 12.2. The van der Waals surface area contributed by atoms with Gasteiger partial charge in [-0.2, -0.15) is 5.10 Å². The lowest BCUT2D eigenvalue weighted by molar-refractivity contribution is 0.0759. The first-order valence-electron chi connectivity index (χ1n) is 6.87. The van der Waals surface area contributed by atoms with Crippen molar-refractivity contribution in [2.24, 2.45) is 0 Å². The predicted molar refractivity (Wildman–Crippen MR) is 75.0 cm³/mol. The number of nitrogens with one attached hydrogen (secondary N) is 2. The molecule has 2 aromatic heterocycles. The van der Waals surface area contributed by atoms with Crippen LogP contribution < -0.4 is 10.6 Å². The van der Waals surface area contributed by atoms with E-state index in [4.69, 9.17) is 9.15 Å². The third kappa shape index (κ3) is 3.14. The zero-order chi connectivity index (χ0) is 14.7. The van der Waals surface area contributed by atoms with Crippen LogP contribution in [0.15, 0.2) is 35.0 Å². The summed E-state index contributed by atoms with van der Waals surface area (Å²) in [5.41, 5.74) is 0. The van der Waals surface area contributed by atoms with Crippen LogP contribution in [-0.2, 0) is 11.3 Å². The Labute approximate surface area is 122 Å². The van der Waals surface area contributed by atoms with Crippen molar-refractivity contribution in [3.8, 4) is 0 Å². The van der Waals surface area contributed by atoms with Gasteiger partial charge in [-0.1, -0.05) is 0 Å². The predicted octanol–water partition coefficient (Wildman–Crippen LogP) is 0.241. The van der Waals surface area contributed by atoms with Crippen LogP contribution in [0.3, 0.4) is 0 Å². The van der Waals surface area contributed by atoms with Crippen molar-refractivity contribution < 1.29 is 13.9 Å². The maximum absolute atomic E-state index is 12.2. The lowest BCUT2D eigenvalue weighted by atomic mass is 10.2. The normalized spacial score (nSPS) is 21.6. The Hall–Kier alpha value is -2.12. The number of hydrogen-bond donors (Lipinski definition) is 2. The smallest absolute Gasteiger partial charge is 0.287 e. The van der Waals surface area contributed by atoms with Crippen LogP contribution in [0.5, 0.6) is 0 Å². The molecule has 112 valence electrons. The molecule has 0 saturated carbocycles. The van der Waals surface area contributed by atoms with E-state index >= 15 is 0 Å². The Bertz CT molecular complexity index is 593. The highest BCUT2D eigenvalue weighted by Gasteiger charge is 2.29. The number of furan rings is 1. The molecule has 2 N–H and O–H groups in total. The third-order valence-corrected chi connectivity index (χ3v) is 3.54. The van der Waals surface area contributed by atoms with Crippen LogP contribution in [0, 0.1) is 0 Å². The molecule has 3 heterocycles. The van der Waals surface area contributed by atoms with Gasteiger partial charge in [0.15, 0.2) is 5.76 Å². The van der Waals surface area contributed by atoms with Gasteiger partial charge >= 0.3 is 0 Å². The second kappa shape index (κ2) is 6.11. The molecule has 0 radical (unpaired) electrons. The van der Waals surface area contributed by atoms with E-state index in [1.165, 1.54) is 0 Å². The Morgan fingerprint density at radius 1 is 1.57 bits per heavy atom. The van der Waals surface area contributed by atoms with Crippen LogP contribution in [0.4, 0.5) is 0 Å². The fourth-order valence-electron chi connectivity index (χ4n) is 2.42. The molecule has 1 fully saturated rings. The van der Waals surface area contributed by atoms with Crippen molar-refractivity contribution in [2.75, 3.05) is 20.2 Å². The standard InChI is InChI=1S/C14H18N4O3/c1-20-13-8-15-7-11(13)17-14(19)12-4-3-10(21-12)9-18-6-2-5-16-18/h2-6,11,13,15H,7-9H2,1H3,(H,17,19)/t11-,13-/m0/s1. The number of ether oxygens (including phenoxy) is 1. The van der Waals surface area contributed by atoms with Crippen LogP contribution in [0.25, 0.3) is 0 Å². The maximum Gasteiger partial charge on any atom is 0.287 e. The van der Waals surface area contributed by atoms with E-state index in [1.807, 2.05) is 12.3 Å². The number of hydrogen-bond acceptors (Lipinski definition) is 5. The quantitative estimate of drug-likeness (QED) is 0.824. The van der Waals surface area contributed by atoms with Gasteiger partial charge in [-0.15, -0.1) is 0 Å². The Kier molecular flexibility index (Phi) is 4.03. The highest BCUT2D eigenvalue weighted by atomic mass is 16.5. The van der Waals surface area contributed by atoms with Gasteiger partial charge in [-0.05, 0) is 18.2 Å². The summed E-state index contributed by atoms with van der Waals surface area (Å²) in [5, 5.41) is 10.2. The topological polar surface area (TPSA) is 81.3 Å². The molecule has 1 saturated heterocycles. The molecule has 0 bridgehead atoms. The van der Waals surface area contributed by atoms with E-state index in [0.29, 0.717) is 24.6 Å². The van der Waals surface area contributed by atoms with Crippen LogP contribution in [0.1, 0.15) is 16.3 Å². The highest BCUT2D eigenvalue weighted by Crippen LogP contribution is 2.11. The lowest BCUT2D eigenvalue weighted by Crippen LogP contribution is -2.43. The van der Waals surface area contributed by atoms with Gasteiger partial charge in [-0.25, -0.2) is 0 Å². The number of nitrogens with zero attached hydrogens (tertiary/aromatic N) is 2. The van der Waals surface area contributed by atoms with E-state index in [2.05, 4.69) is 15.7 Å². The summed E-state index contributed by atoms with van der Waals surface area (Å²) in [7, 11) is 1.64. The monoisotopic (exact) mass is 290 g/mol. The van der Waals surface area contributed by atoms with E-state index in [1.54, 1.807) is 30.1 Å². The molecular formula is C14H18N4O3. The van der Waals surface area contributed by atoms with E-state index in [9.17, 15) is 4.79 Å². The average Bonchev–Trinajstić information content (AvgIpc) is 3.20. The zero-order valence-electron chi connectivity index (χ0n) is 11.8. The third-order valence-electron chi connectivity index (χ3n) is 3.54. The first kappa shape index (κ1) is 13.8. The Morgan fingerprint density at radius 2 is 2.48 bits per heavy atom. The van der Waals surface area contributed by atoms with Gasteiger partial charge < -0.3 is 19.8 Å². The number of amides is 1. The molecule has 1 aliphatic rings. The summed E-state index contributed by atoms with van der Waals surface area (Å²) in [6, 6.07) is 5.27. The molecule has 0 unspecified atom stereocenters. The first-order valence-corrected chi connectivity index (χ1v) is 6.87. The summed E-state index contributed by atoms with van der Waals surface area (Å²) >= 11 is 0. The van der Waals surface area contributed by atoms with E-state index in [0.717, 1.165) is 6.54 Å². The SMILES string of the molecule is CO[C@H]1CNC[C@@H]1NC(=O)c1ccc(Cn2cccn2)o1. The molecule has 1 aliphatic heterocycles. The summed E-state index contributed by atoms with van der Waals surface area (Å²) in [6.45, 7) is 1.95. The molecule has 0 aliphatic carbocycles. The largest absolute Gasteiger partial charge is 0.454 e. The number of carbonyl (C=O) groups is 1. The molecule has 7 nitrogen and oxygen atoms in total. The van der Waals surface area contributed by atoms with Crippen LogP contribution in [0.2, 0.25) is 0 Å². The molecule has 0 aromatic carbocycles. The maximum atomic E-state index is 12.2. The van der Waals surface area contributed by atoms with Gasteiger partial charge in [0.05, 0.1) is 18.7 Å². The molecule has 7 heteroatoms. The van der Waals surface area contributed by atoms with Crippen molar-refractivity contribution in [1.82, 2.24) is 20.4 Å². The molecule has 2 aromatic rings. The van der Waals surface area contributed by atoms with E-state index < -0.39 is 0 Å². The zero-order valence-corrected chi connectivity index (χ0v) is 11.8. The minimum Gasteiger partial charge on any atom is -0.454 e. The average molecular weight is 290 g/mol. The summed E-state index contributed by atoms with van der Waals surface area (Å²) in [6.07, 6.45) is 3.54. The second-order valence-corrected chi connectivity index (χ2v) is 4.98.